The molecule has 0 saturated heterocycles. The summed E-state index contributed by atoms with van der Waals surface area (Å²) >= 11 is 1.45. The number of thiophene rings is 1. The number of halogens is 3. The summed E-state index contributed by atoms with van der Waals surface area (Å²) in [6.45, 7) is 1.93. The highest BCUT2D eigenvalue weighted by molar-refractivity contribution is 7.86. The van der Waals surface area contributed by atoms with Gasteiger partial charge in [0.1, 0.15) is 0 Å². The van der Waals surface area contributed by atoms with Gasteiger partial charge in [0, 0.05) is 11.3 Å². The van der Waals surface area contributed by atoms with Gasteiger partial charge in [0.25, 0.3) is 5.91 Å². The first-order chi connectivity index (χ1) is 14.9. The molecule has 32 heavy (non-hydrogen) atoms. The molecule has 0 aliphatic carbocycles. The van der Waals surface area contributed by atoms with Crippen molar-refractivity contribution >= 4 is 33.0 Å². The van der Waals surface area contributed by atoms with Crippen LogP contribution in [0.15, 0.2) is 53.9 Å². The molecule has 0 spiro atoms. The lowest BCUT2D eigenvalue weighted by molar-refractivity contribution is -0.137. The fourth-order valence-electron chi connectivity index (χ4n) is 2.62. The van der Waals surface area contributed by atoms with Crippen LogP contribution in [-0.4, -0.2) is 20.6 Å². The molecule has 0 saturated carbocycles. The summed E-state index contributed by atoms with van der Waals surface area (Å²) in [4.78, 5) is 13.6. The first-order valence-corrected chi connectivity index (χ1v) is 11.7. The van der Waals surface area contributed by atoms with Crippen molar-refractivity contribution in [2.45, 2.75) is 13.1 Å². The van der Waals surface area contributed by atoms with Gasteiger partial charge in [-0.25, -0.2) is 0 Å². The molecule has 2 aromatic carbocycles. The van der Waals surface area contributed by atoms with Gasteiger partial charge in [-0.05, 0) is 60.3 Å². The van der Waals surface area contributed by atoms with Crippen LogP contribution in [0.5, 0.6) is 5.75 Å². The van der Waals surface area contributed by atoms with Crippen LogP contribution < -0.4 is 9.50 Å². The van der Waals surface area contributed by atoms with E-state index >= 15 is 0 Å². The predicted molar refractivity (Wildman–Crippen MR) is 116 cm³/mol. The number of nitrogens with one attached hydrogen (secondary N) is 1. The van der Waals surface area contributed by atoms with Gasteiger partial charge < -0.3 is 9.50 Å². The molecule has 0 aliphatic heterocycles. The highest BCUT2D eigenvalue weighted by Crippen LogP contribution is 2.31. The Kier molecular flexibility index (Phi) is 6.62. The zero-order chi connectivity index (χ0) is 23.5. The molecule has 1 heterocycles. The number of benzene rings is 2. The molecule has 0 unspecified atom stereocenters. The van der Waals surface area contributed by atoms with E-state index in [1.54, 1.807) is 0 Å². The molecule has 10 heteroatoms. The predicted octanol–water partition coefficient (Wildman–Crippen LogP) is 5.07. The summed E-state index contributed by atoms with van der Waals surface area (Å²) in [7, 11) is -3.96. The average molecular weight is 480 g/mol. The van der Waals surface area contributed by atoms with E-state index in [0.717, 1.165) is 34.9 Å². The molecule has 1 amide bonds. The Morgan fingerprint density at radius 3 is 2.47 bits per heavy atom. The summed E-state index contributed by atoms with van der Waals surface area (Å²) in [6.07, 6.45) is -3.77. The third kappa shape index (κ3) is 6.35. The number of carbonyl (C=O) groups excluding carboxylic acids is 1. The zero-order valence-corrected chi connectivity index (χ0v) is 18.4. The van der Waals surface area contributed by atoms with Gasteiger partial charge in [-0.15, -0.1) is 11.3 Å². The van der Waals surface area contributed by atoms with Crippen molar-refractivity contribution in [2.24, 2.45) is 0 Å². The summed E-state index contributed by atoms with van der Waals surface area (Å²) < 4.78 is 66.9. The maximum Gasteiger partial charge on any atom is 0.416 e. The lowest BCUT2D eigenvalue weighted by Crippen LogP contribution is -2.16. The Morgan fingerprint density at radius 2 is 1.84 bits per heavy atom. The number of rotatable bonds is 4. The second-order valence-electron chi connectivity index (χ2n) is 6.77. The Bertz CT molecular complexity index is 1330. The van der Waals surface area contributed by atoms with Crippen molar-refractivity contribution in [3.05, 3.63) is 81.0 Å². The standard InChI is InChI=1S/C22H16F3NO4S2/c1-14-10-18(31-13-14)8-6-15-7-9-20(30-32(2,28)29)19(11-15)21(27)26-17-5-3-4-16(12-17)22(23,24)25/h3-5,7,9-13H,1-2H3,(H,26,27). The second kappa shape index (κ2) is 9.06. The van der Waals surface area contributed by atoms with Crippen LogP contribution in [0.25, 0.3) is 0 Å². The van der Waals surface area contributed by atoms with Gasteiger partial charge in [-0.1, -0.05) is 17.9 Å². The van der Waals surface area contributed by atoms with Crippen LogP contribution in [0.3, 0.4) is 0 Å². The van der Waals surface area contributed by atoms with E-state index in [0.29, 0.717) is 5.56 Å². The molecule has 3 rings (SSSR count). The molecule has 1 aromatic heterocycles. The molecule has 3 aromatic rings. The number of hydrogen-bond donors (Lipinski definition) is 1. The van der Waals surface area contributed by atoms with Crippen molar-refractivity contribution in [2.75, 3.05) is 11.6 Å². The summed E-state index contributed by atoms with van der Waals surface area (Å²) in [5, 5.41) is 4.27. The molecule has 166 valence electrons. The minimum absolute atomic E-state index is 0.110. The van der Waals surface area contributed by atoms with Crippen molar-refractivity contribution < 1.29 is 30.6 Å². The summed E-state index contributed by atoms with van der Waals surface area (Å²) in [6, 6.07) is 10.0. The van der Waals surface area contributed by atoms with Crippen LogP contribution in [0.4, 0.5) is 18.9 Å². The molecule has 0 fully saturated rings. The molecule has 0 radical (unpaired) electrons. The first kappa shape index (κ1) is 23.4. The van der Waals surface area contributed by atoms with Crippen molar-refractivity contribution in [1.29, 1.82) is 0 Å². The monoisotopic (exact) mass is 479 g/mol. The van der Waals surface area contributed by atoms with E-state index in [4.69, 9.17) is 4.18 Å². The van der Waals surface area contributed by atoms with E-state index in [1.807, 2.05) is 18.4 Å². The molecule has 0 aliphatic rings. The smallest absolute Gasteiger partial charge is 0.382 e. The normalized spacial score (nSPS) is 11.4. The van der Waals surface area contributed by atoms with Crippen molar-refractivity contribution in [3.8, 4) is 17.6 Å². The Morgan fingerprint density at radius 1 is 1.09 bits per heavy atom. The third-order valence-electron chi connectivity index (χ3n) is 3.97. The van der Waals surface area contributed by atoms with Crippen LogP contribution in [0.1, 0.15) is 31.9 Å². The Hall–Kier alpha value is -3.29. The highest BCUT2D eigenvalue weighted by Gasteiger charge is 2.30. The molecular weight excluding hydrogens is 463 g/mol. The van der Waals surface area contributed by atoms with Crippen molar-refractivity contribution in [3.63, 3.8) is 0 Å². The maximum absolute atomic E-state index is 12.9. The van der Waals surface area contributed by atoms with E-state index in [-0.39, 0.29) is 17.0 Å². The number of amides is 1. The van der Waals surface area contributed by atoms with Gasteiger partial charge in [-0.2, -0.15) is 21.6 Å². The zero-order valence-electron chi connectivity index (χ0n) is 16.8. The third-order valence-corrected chi connectivity index (χ3v) is 5.42. The molecule has 1 N–H and O–H groups in total. The van der Waals surface area contributed by atoms with Crippen molar-refractivity contribution in [1.82, 2.24) is 0 Å². The minimum atomic E-state index is -4.58. The van der Waals surface area contributed by atoms with E-state index in [9.17, 15) is 26.4 Å². The Balaban J connectivity index is 1.96. The lowest BCUT2D eigenvalue weighted by atomic mass is 10.1. The van der Waals surface area contributed by atoms with E-state index < -0.39 is 27.8 Å². The van der Waals surface area contributed by atoms with Gasteiger partial charge in [0.15, 0.2) is 5.75 Å². The van der Waals surface area contributed by atoms with Crippen LogP contribution in [0, 0.1) is 18.8 Å². The molecule has 5 nitrogen and oxygen atoms in total. The largest absolute Gasteiger partial charge is 0.416 e. The number of anilines is 1. The Labute approximate surface area is 187 Å². The number of hydrogen-bond acceptors (Lipinski definition) is 5. The van der Waals surface area contributed by atoms with E-state index in [2.05, 4.69) is 17.2 Å². The molecular formula is C22H16F3NO4S2. The van der Waals surface area contributed by atoms with Crippen LogP contribution in [0.2, 0.25) is 0 Å². The SMILES string of the molecule is Cc1csc(C#Cc2ccc(OS(C)(=O)=O)c(C(=O)Nc3cccc(C(F)(F)F)c3)c2)c1. The summed E-state index contributed by atoms with van der Waals surface area (Å²) in [5.41, 5.74) is 0.208. The summed E-state index contributed by atoms with van der Waals surface area (Å²) in [5.74, 6) is 4.70. The fourth-order valence-corrected chi connectivity index (χ4v) is 3.84. The minimum Gasteiger partial charge on any atom is -0.382 e. The molecule has 0 bridgehead atoms. The lowest BCUT2D eigenvalue weighted by Gasteiger charge is -2.12. The van der Waals surface area contributed by atoms with E-state index in [1.165, 1.54) is 35.6 Å². The van der Waals surface area contributed by atoms with Crippen LogP contribution >= 0.6 is 11.3 Å². The fraction of sp³-hybridized carbons (Fsp3) is 0.136. The van der Waals surface area contributed by atoms with Gasteiger partial charge in [-0.3, -0.25) is 4.79 Å². The number of carbonyl (C=O) groups is 1. The topological polar surface area (TPSA) is 72.5 Å². The van der Waals surface area contributed by atoms with Gasteiger partial charge >= 0.3 is 16.3 Å². The maximum atomic E-state index is 12.9. The quantitative estimate of drug-likeness (QED) is 0.419. The van der Waals surface area contributed by atoms with Gasteiger partial charge in [0.2, 0.25) is 0 Å². The first-order valence-electron chi connectivity index (χ1n) is 9.00. The number of alkyl halides is 3. The van der Waals surface area contributed by atoms with Crippen LogP contribution in [-0.2, 0) is 16.3 Å². The van der Waals surface area contributed by atoms with Gasteiger partial charge in [0.05, 0.1) is 22.3 Å². The average Bonchev–Trinajstić information content (AvgIpc) is 3.11. The molecule has 0 atom stereocenters. The highest BCUT2D eigenvalue weighted by atomic mass is 32.2. The second-order valence-corrected chi connectivity index (χ2v) is 9.26. The number of aryl methyl sites for hydroxylation is 1.